The van der Waals surface area contributed by atoms with Gasteiger partial charge >= 0.3 is 5.97 Å². The summed E-state index contributed by atoms with van der Waals surface area (Å²) in [5, 5.41) is 47.5. The molecule has 4 aromatic rings. The van der Waals surface area contributed by atoms with E-state index in [2.05, 4.69) is 4.98 Å². The van der Waals surface area contributed by atoms with E-state index in [0.29, 0.717) is 0 Å². The lowest BCUT2D eigenvalue weighted by Crippen LogP contribution is -2.15. The van der Waals surface area contributed by atoms with E-state index in [9.17, 15) is 39.9 Å². The predicted octanol–water partition coefficient (Wildman–Crippen LogP) is 1.82. The highest BCUT2D eigenvalue weighted by molar-refractivity contribution is 6.06. The van der Waals surface area contributed by atoms with Gasteiger partial charge in [0.05, 0.1) is 27.4 Å². The van der Waals surface area contributed by atoms with Crippen molar-refractivity contribution in [2.24, 2.45) is 0 Å². The van der Waals surface area contributed by atoms with Crippen LogP contribution in [0.25, 0.3) is 33.0 Å². The first-order valence-corrected chi connectivity index (χ1v) is 8.02. The van der Waals surface area contributed by atoms with Gasteiger partial charge in [-0.15, -0.1) is 0 Å². The van der Waals surface area contributed by atoms with Crippen LogP contribution in [0.15, 0.2) is 44.7 Å². The molecule has 0 bridgehead atoms. The molecule has 0 unspecified atom stereocenters. The van der Waals surface area contributed by atoms with Gasteiger partial charge in [0.15, 0.2) is 28.4 Å². The summed E-state index contributed by atoms with van der Waals surface area (Å²) in [5.74, 6) is -4.47. The van der Waals surface area contributed by atoms with Crippen LogP contribution in [0.4, 0.5) is 0 Å². The van der Waals surface area contributed by atoms with Crippen molar-refractivity contribution in [3.05, 3.63) is 56.7 Å². The maximum atomic E-state index is 13.0. The number of carboxylic acids is 1. The molecule has 4 rings (SSSR count). The number of aromatic hydroxyl groups is 4. The summed E-state index contributed by atoms with van der Waals surface area (Å²) >= 11 is 0. The van der Waals surface area contributed by atoms with Gasteiger partial charge in [0.1, 0.15) is 17.4 Å². The van der Waals surface area contributed by atoms with E-state index in [-0.39, 0.29) is 27.6 Å². The average molecular weight is 397 g/mol. The van der Waals surface area contributed by atoms with E-state index in [4.69, 9.17) is 4.42 Å². The summed E-state index contributed by atoms with van der Waals surface area (Å²) in [6.07, 6.45) is 2.09. The van der Waals surface area contributed by atoms with Crippen molar-refractivity contribution in [3.63, 3.8) is 0 Å². The minimum atomic E-state index is -1.68. The Hall–Kier alpha value is -4.47. The van der Waals surface area contributed by atoms with E-state index in [0.717, 1.165) is 24.5 Å². The highest BCUT2D eigenvalue weighted by Gasteiger charge is 2.24. The molecule has 0 aliphatic carbocycles. The monoisotopic (exact) mass is 397 g/mol. The molecule has 6 N–H and O–H groups in total. The van der Waals surface area contributed by atoms with Crippen LogP contribution in [-0.2, 0) is 0 Å². The number of benzene rings is 2. The third-order valence-electron chi connectivity index (χ3n) is 4.50. The normalized spacial score (nSPS) is 11.2. The first-order valence-electron chi connectivity index (χ1n) is 8.02. The summed E-state index contributed by atoms with van der Waals surface area (Å²) in [7, 11) is 0. The van der Waals surface area contributed by atoms with Crippen LogP contribution in [-0.4, -0.2) is 36.5 Å². The molecule has 0 radical (unpaired) electrons. The lowest BCUT2D eigenvalue weighted by atomic mass is 10.0. The van der Waals surface area contributed by atoms with Gasteiger partial charge in [-0.05, 0) is 6.07 Å². The molecule has 0 fully saturated rings. The Kier molecular flexibility index (Phi) is 3.72. The Balaban J connectivity index is 2.10. The molecular formula is C19H11NO9. The number of nitrogens with one attached hydrogen (secondary N) is 1. The summed E-state index contributed by atoms with van der Waals surface area (Å²) in [5.41, 5.74) is -3.09. The molecule has 0 aliphatic heterocycles. The van der Waals surface area contributed by atoms with Gasteiger partial charge < -0.3 is 34.9 Å². The molecule has 146 valence electrons. The molecule has 0 amide bonds. The Bertz CT molecular complexity index is 1460. The number of hydrogen-bond donors (Lipinski definition) is 6. The molecule has 0 aliphatic rings. The third kappa shape index (κ3) is 2.54. The maximum Gasteiger partial charge on any atom is 0.340 e. The largest absolute Gasteiger partial charge is 0.504 e. The van der Waals surface area contributed by atoms with Gasteiger partial charge in [-0.3, -0.25) is 9.59 Å². The Morgan fingerprint density at radius 2 is 1.59 bits per heavy atom. The van der Waals surface area contributed by atoms with Crippen LogP contribution in [0.2, 0.25) is 0 Å². The van der Waals surface area contributed by atoms with Crippen LogP contribution in [0, 0.1) is 0 Å². The van der Waals surface area contributed by atoms with Crippen molar-refractivity contribution in [2.45, 2.75) is 0 Å². The smallest absolute Gasteiger partial charge is 0.340 e. The summed E-state index contributed by atoms with van der Waals surface area (Å²) in [6.45, 7) is 0. The van der Waals surface area contributed by atoms with Crippen LogP contribution in [0.1, 0.15) is 10.4 Å². The standard InChI is InChI=1S/C19H11NO9/c21-10-1-6-9(2-11(10)22)20-4-7(16(6)24)8-5-29-13-3-12(23)18(26)15(19(27)28)14(13)17(8)25/h1-5,21-23,26H,(H,20,24)(H,27,28). The van der Waals surface area contributed by atoms with Crippen molar-refractivity contribution < 1.29 is 34.7 Å². The molecule has 29 heavy (non-hydrogen) atoms. The minimum Gasteiger partial charge on any atom is -0.504 e. The van der Waals surface area contributed by atoms with Crippen molar-refractivity contribution >= 4 is 27.8 Å². The van der Waals surface area contributed by atoms with E-state index in [1.807, 2.05) is 0 Å². The highest BCUT2D eigenvalue weighted by Crippen LogP contribution is 2.35. The number of carbonyl (C=O) groups is 1. The Labute approximate surface area is 159 Å². The molecule has 0 atom stereocenters. The lowest BCUT2D eigenvalue weighted by molar-refractivity contribution is 0.0695. The first-order chi connectivity index (χ1) is 13.7. The highest BCUT2D eigenvalue weighted by atomic mass is 16.4. The molecule has 2 aromatic heterocycles. The zero-order valence-electron chi connectivity index (χ0n) is 14.3. The number of phenolic OH excluding ortho intramolecular Hbond substituents is 3. The van der Waals surface area contributed by atoms with Crippen molar-refractivity contribution in [1.82, 2.24) is 4.98 Å². The Morgan fingerprint density at radius 1 is 0.897 bits per heavy atom. The van der Waals surface area contributed by atoms with E-state index in [1.54, 1.807) is 0 Å². The minimum absolute atomic E-state index is 0.0377. The lowest BCUT2D eigenvalue weighted by Gasteiger charge is -2.09. The number of carboxylic acid groups (broad SMARTS) is 1. The van der Waals surface area contributed by atoms with Crippen LogP contribution < -0.4 is 10.9 Å². The second-order valence-corrected chi connectivity index (χ2v) is 6.19. The quantitative estimate of drug-likeness (QED) is 0.275. The Morgan fingerprint density at radius 3 is 2.28 bits per heavy atom. The van der Waals surface area contributed by atoms with E-state index in [1.165, 1.54) is 6.20 Å². The van der Waals surface area contributed by atoms with Gasteiger partial charge in [0.2, 0.25) is 5.43 Å². The molecule has 0 saturated heterocycles. The van der Waals surface area contributed by atoms with E-state index >= 15 is 0 Å². The van der Waals surface area contributed by atoms with Crippen LogP contribution in [0.5, 0.6) is 23.0 Å². The molecule has 0 saturated carbocycles. The summed E-state index contributed by atoms with van der Waals surface area (Å²) in [6, 6.07) is 3.03. The van der Waals surface area contributed by atoms with Gasteiger partial charge in [-0.1, -0.05) is 0 Å². The van der Waals surface area contributed by atoms with Gasteiger partial charge in [-0.2, -0.15) is 0 Å². The summed E-state index contributed by atoms with van der Waals surface area (Å²) in [4.78, 5) is 40.0. The molecule has 0 spiro atoms. The number of aromatic carboxylic acids is 1. The third-order valence-corrected chi connectivity index (χ3v) is 4.50. The number of fused-ring (bicyclic) bond motifs is 2. The number of aromatic amines is 1. The zero-order valence-corrected chi connectivity index (χ0v) is 14.3. The molecule has 2 aromatic carbocycles. The zero-order chi connectivity index (χ0) is 21.0. The van der Waals surface area contributed by atoms with Crippen molar-refractivity contribution in [2.75, 3.05) is 0 Å². The topological polar surface area (TPSA) is 181 Å². The fourth-order valence-electron chi connectivity index (χ4n) is 3.10. The van der Waals surface area contributed by atoms with Crippen LogP contribution >= 0.6 is 0 Å². The van der Waals surface area contributed by atoms with Gasteiger partial charge in [0, 0.05) is 18.3 Å². The second-order valence-electron chi connectivity index (χ2n) is 6.19. The number of aromatic nitrogens is 1. The summed E-state index contributed by atoms with van der Waals surface area (Å²) < 4.78 is 5.24. The van der Waals surface area contributed by atoms with Crippen LogP contribution in [0.3, 0.4) is 0 Å². The van der Waals surface area contributed by atoms with E-state index < -0.39 is 50.8 Å². The SMILES string of the molecule is O=C(O)c1c(O)c(O)cc2occ(-c3c[nH]c4cc(O)c(O)cc4c3=O)c(=O)c12. The average Bonchev–Trinajstić information content (AvgIpc) is 2.66. The molecule has 10 nitrogen and oxygen atoms in total. The second kappa shape index (κ2) is 6.02. The molecule has 2 heterocycles. The first kappa shape index (κ1) is 17.9. The molecule has 10 heteroatoms. The number of hydrogen-bond acceptors (Lipinski definition) is 8. The number of phenols is 4. The van der Waals surface area contributed by atoms with Crippen molar-refractivity contribution in [1.29, 1.82) is 0 Å². The fraction of sp³-hybridized carbons (Fsp3) is 0. The maximum absolute atomic E-state index is 13.0. The van der Waals surface area contributed by atoms with Gasteiger partial charge in [-0.25, -0.2) is 4.79 Å². The number of rotatable bonds is 2. The number of pyridine rings is 1. The molecular weight excluding hydrogens is 386 g/mol. The predicted molar refractivity (Wildman–Crippen MR) is 99.7 cm³/mol. The fourth-order valence-corrected chi connectivity index (χ4v) is 3.10. The number of H-pyrrole nitrogens is 1. The van der Waals surface area contributed by atoms with Crippen molar-refractivity contribution in [3.8, 4) is 34.1 Å². The van der Waals surface area contributed by atoms with Gasteiger partial charge in [0.25, 0.3) is 0 Å².